The van der Waals surface area contributed by atoms with Gasteiger partial charge in [-0.1, -0.05) is 23.2 Å². The molecule has 1 aliphatic rings. The number of carboxylic acid groups (broad SMARTS) is 1. The fourth-order valence-electron chi connectivity index (χ4n) is 1.78. The van der Waals surface area contributed by atoms with Gasteiger partial charge in [0.1, 0.15) is 6.04 Å². The van der Waals surface area contributed by atoms with Crippen molar-refractivity contribution in [3.8, 4) is 0 Å². The van der Waals surface area contributed by atoms with Gasteiger partial charge in [-0.2, -0.15) is 0 Å². The molecule has 0 radical (unpaired) electrons. The summed E-state index contributed by atoms with van der Waals surface area (Å²) < 4.78 is 0. The molecule has 0 saturated carbocycles. The molecular weight excluding hydrogens is 321 g/mol. The first-order valence-corrected chi connectivity index (χ1v) is 6.67. The van der Waals surface area contributed by atoms with Crippen LogP contribution in [0, 0.1) is 0 Å². The number of anilines is 1. The van der Waals surface area contributed by atoms with Crippen LogP contribution in [0.4, 0.5) is 5.69 Å². The van der Waals surface area contributed by atoms with Crippen LogP contribution >= 0.6 is 23.2 Å². The van der Waals surface area contributed by atoms with E-state index in [0.717, 1.165) is 0 Å². The fourth-order valence-corrected chi connectivity index (χ4v) is 2.36. The van der Waals surface area contributed by atoms with E-state index >= 15 is 0 Å². The molecule has 0 spiro atoms. The average molecular weight is 332 g/mol. The van der Waals surface area contributed by atoms with E-state index in [1.54, 1.807) is 0 Å². The molecule has 21 heavy (non-hydrogen) atoms. The Balaban J connectivity index is 2.14. The van der Waals surface area contributed by atoms with Gasteiger partial charge in [-0.3, -0.25) is 14.9 Å². The summed E-state index contributed by atoms with van der Waals surface area (Å²) in [6, 6.07) is 1.78. The number of rotatable bonds is 3. The summed E-state index contributed by atoms with van der Waals surface area (Å²) in [6.45, 7) is 0.185. The maximum absolute atomic E-state index is 12.0. The molecule has 1 aromatic carbocycles. The number of hydrogen-bond donors (Lipinski definition) is 4. The maximum atomic E-state index is 12.0. The topological polar surface area (TPSA) is 108 Å². The first-order valence-electron chi connectivity index (χ1n) is 5.91. The van der Waals surface area contributed by atoms with E-state index in [1.807, 2.05) is 0 Å². The molecule has 7 nitrogen and oxygen atoms in total. The highest BCUT2D eigenvalue weighted by Crippen LogP contribution is 2.32. The molecule has 0 aliphatic carbocycles. The Bertz CT molecular complexity index is 588. The van der Waals surface area contributed by atoms with Gasteiger partial charge in [-0.25, -0.2) is 4.79 Å². The minimum absolute atomic E-state index is 0.0214. The maximum Gasteiger partial charge on any atom is 0.335 e. The Kier molecular flexibility index (Phi) is 4.66. The largest absolute Gasteiger partial charge is 0.478 e. The quantitative estimate of drug-likeness (QED) is 0.652. The molecule has 0 bridgehead atoms. The number of nitrogens with one attached hydrogen (secondary N) is 3. The first-order chi connectivity index (χ1) is 9.88. The molecule has 9 heteroatoms. The minimum Gasteiger partial charge on any atom is -0.478 e. The third kappa shape index (κ3) is 3.63. The van der Waals surface area contributed by atoms with Crippen molar-refractivity contribution < 1.29 is 19.5 Å². The van der Waals surface area contributed by atoms with E-state index in [-0.39, 0.29) is 40.3 Å². The van der Waals surface area contributed by atoms with Crippen molar-refractivity contribution in [3.63, 3.8) is 0 Å². The number of carbonyl (C=O) groups is 3. The Hall–Kier alpha value is -1.83. The van der Waals surface area contributed by atoms with E-state index in [2.05, 4.69) is 16.0 Å². The Morgan fingerprint density at radius 3 is 2.38 bits per heavy atom. The number of hydrogen-bond acceptors (Lipinski definition) is 4. The van der Waals surface area contributed by atoms with Crippen LogP contribution in [0.3, 0.4) is 0 Å². The van der Waals surface area contributed by atoms with E-state index in [0.29, 0.717) is 0 Å². The van der Waals surface area contributed by atoms with Gasteiger partial charge in [-0.15, -0.1) is 0 Å². The fraction of sp³-hybridized carbons (Fsp3) is 0.250. The molecule has 1 aliphatic heterocycles. The number of amides is 2. The average Bonchev–Trinajstić information content (AvgIpc) is 2.43. The summed E-state index contributed by atoms with van der Waals surface area (Å²) >= 11 is 11.9. The summed E-state index contributed by atoms with van der Waals surface area (Å²) in [5, 5.41) is 16.7. The Morgan fingerprint density at radius 2 is 1.90 bits per heavy atom. The van der Waals surface area contributed by atoms with Crippen LogP contribution in [0.2, 0.25) is 10.0 Å². The van der Waals surface area contributed by atoms with Crippen LogP contribution in [-0.2, 0) is 9.59 Å². The summed E-state index contributed by atoms with van der Waals surface area (Å²) in [7, 11) is 0. The molecule has 2 rings (SSSR count). The second-order valence-corrected chi connectivity index (χ2v) is 5.16. The number of halogens is 2. The molecule has 1 saturated heterocycles. The highest BCUT2D eigenvalue weighted by atomic mass is 35.5. The zero-order valence-corrected chi connectivity index (χ0v) is 12.1. The van der Waals surface area contributed by atoms with Gasteiger partial charge < -0.3 is 15.7 Å². The lowest BCUT2D eigenvalue weighted by molar-refractivity contribution is -0.124. The molecule has 1 aromatic rings. The van der Waals surface area contributed by atoms with Gasteiger partial charge in [0.25, 0.3) is 0 Å². The van der Waals surface area contributed by atoms with Crippen LogP contribution in [0.5, 0.6) is 0 Å². The first kappa shape index (κ1) is 15.6. The van der Waals surface area contributed by atoms with Crippen molar-refractivity contribution in [3.05, 3.63) is 27.7 Å². The predicted octanol–water partition coefficient (Wildman–Crippen LogP) is 0.718. The third-order valence-electron chi connectivity index (χ3n) is 2.87. The van der Waals surface area contributed by atoms with E-state index < -0.39 is 17.9 Å². The SMILES string of the molecule is O=C1CNC(C(=O)Nc2c(Cl)cc(C(=O)O)cc2Cl)CN1. The van der Waals surface area contributed by atoms with Gasteiger partial charge in [0, 0.05) is 6.54 Å². The molecule has 1 unspecified atom stereocenters. The highest BCUT2D eigenvalue weighted by Gasteiger charge is 2.25. The van der Waals surface area contributed by atoms with Gasteiger partial charge in [-0.05, 0) is 12.1 Å². The smallest absolute Gasteiger partial charge is 0.335 e. The van der Waals surface area contributed by atoms with Gasteiger partial charge in [0.15, 0.2) is 0 Å². The van der Waals surface area contributed by atoms with Crippen molar-refractivity contribution in [1.82, 2.24) is 10.6 Å². The summed E-state index contributed by atoms with van der Waals surface area (Å²) in [6.07, 6.45) is 0. The molecule has 4 N–H and O–H groups in total. The molecule has 1 fully saturated rings. The summed E-state index contributed by atoms with van der Waals surface area (Å²) in [4.78, 5) is 33.9. The molecule has 112 valence electrons. The molecule has 2 amide bonds. The molecule has 1 atom stereocenters. The predicted molar refractivity (Wildman–Crippen MR) is 76.9 cm³/mol. The lowest BCUT2D eigenvalue weighted by atomic mass is 10.2. The van der Waals surface area contributed by atoms with Crippen LogP contribution in [0.25, 0.3) is 0 Å². The summed E-state index contributed by atoms with van der Waals surface area (Å²) in [5.41, 5.74) is 0.0538. The monoisotopic (exact) mass is 331 g/mol. The van der Waals surface area contributed by atoms with Crippen LogP contribution in [0.1, 0.15) is 10.4 Å². The van der Waals surface area contributed by atoms with E-state index in [9.17, 15) is 14.4 Å². The van der Waals surface area contributed by atoms with Crippen molar-refractivity contribution in [2.75, 3.05) is 18.4 Å². The van der Waals surface area contributed by atoms with Gasteiger partial charge >= 0.3 is 5.97 Å². The highest BCUT2D eigenvalue weighted by molar-refractivity contribution is 6.40. The molecule has 1 heterocycles. The lowest BCUT2D eigenvalue weighted by Crippen LogP contribution is -2.56. The van der Waals surface area contributed by atoms with Gasteiger partial charge in [0.2, 0.25) is 11.8 Å². The lowest BCUT2D eigenvalue weighted by Gasteiger charge is -2.23. The van der Waals surface area contributed by atoms with Crippen molar-refractivity contribution in [2.24, 2.45) is 0 Å². The second kappa shape index (κ2) is 6.30. The number of carbonyl (C=O) groups excluding carboxylic acids is 2. The molecule has 0 aromatic heterocycles. The van der Waals surface area contributed by atoms with Crippen molar-refractivity contribution in [1.29, 1.82) is 0 Å². The standard InChI is InChI=1S/C12H11Cl2N3O4/c13-6-1-5(12(20)21)2-7(14)10(6)17-11(19)8-3-16-9(18)4-15-8/h1-2,8,15H,3-4H2,(H,16,18)(H,17,19)(H,20,21). The van der Waals surface area contributed by atoms with Crippen LogP contribution in [0.15, 0.2) is 12.1 Å². The minimum atomic E-state index is -1.17. The normalized spacial score (nSPS) is 18.0. The number of carboxylic acids is 1. The van der Waals surface area contributed by atoms with Gasteiger partial charge in [0.05, 0.1) is 27.8 Å². The van der Waals surface area contributed by atoms with E-state index in [1.165, 1.54) is 12.1 Å². The zero-order chi connectivity index (χ0) is 15.6. The number of piperazine rings is 1. The second-order valence-electron chi connectivity index (χ2n) is 4.35. The van der Waals surface area contributed by atoms with Crippen LogP contribution < -0.4 is 16.0 Å². The Morgan fingerprint density at radius 1 is 1.29 bits per heavy atom. The third-order valence-corrected chi connectivity index (χ3v) is 3.46. The Labute approximate surface area is 129 Å². The van der Waals surface area contributed by atoms with Crippen molar-refractivity contribution in [2.45, 2.75) is 6.04 Å². The zero-order valence-electron chi connectivity index (χ0n) is 10.6. The molecular formula is C12H11Cl2N3O4. The van der Waals surface area contributed by atoms with Crippen LogP contribution in [-0.4, -0.2) is 42.0 Å². The summed E-state index contributed by atoms with van der Waals surface area (Å²) in [5.74, 6) is -1.80. The van der Waals surface area contributed by atoms with E-state index in [4.69, 9.17) is 28.3 Å². The number of benzene rings is 1. The number of aromatic carboxylic acids is 1. The van der Waals surface area contributed by atoms with Crippen molar-refractivity contribution >= 4 is 46.7 Å².